The molecule has 0 aliphatic heterocycles. The average molecular weight is 250 g/mol. The molecule has 3 fully saturated rings. The van der Waals surface area contributed by atoms with Gasteiger partial charge in [0.2, 0.25) is 0 Å². The van der Waals surface area contributed by atoms with E-state index in [9.17, 15) is 0 Å². The molecule has 1 aromatic rings. The normalized spacial score (nSPS) is 36.1. The van der Waals surface area contributed by atoms with Crippen LogP contribution in [0.4, 0.5) is 0 Å². The van der Waals surface area contributed by atoms with E-state index in [4.69, 9.17) is 17.3 Å². The minimum atomic E-state index is 0.659. The second kappa shape index (κ2) is 4.62. The maximum atomic E-state index is 6.13. The van der Waals surface area contributed by atoms with Crippen molar-refractivity contribution in [1.82, 2.24) is 0 Å². The number of fused-ring (bicyclic) bond motifs is 3. The number of nitrogens with two attached hydrogens (primary N) is 1. The van der Waals surface area contributed by atoms with Gasteiger partial charge >= 0.3 is 0 Å². The van der Waals surface area contributed by atoms with E-state index in [-0.39, 0.29) is 0 Å². The molecule has 0 unspecified atom stereocenters. The van der Waals surface area contributed by atoms with E-state index < -0.39 is 0 Å². The van der Waals surface area contributed by atoms with Crippen LogP contribution in [0.2, 0.25) is 5.02 Å². The van der Waals surface area contributed by atoms with Crippen molar-refractivity contribution in [2.24, 2.45) is 23.5 Å². The van der Waals surface area contributed by atoms with Crippen LogP contribution in [-0.2, 0) is 0 Å². The first-order valence-corrected chi connectivity index (χ1v) is 7.13. The Bertz CT molecular complexity index is 396. The lowest BCUT2D eigenvalue weighted by Crippen LogP contribution is -2.42. The quantitative estimate of drug-likeness (QED) is 0.847. The molecule has 2 atom stereocenters. The van der Waals surface area contributed by atoms with E-state index in [2.05, 4.69) is 18.2 Å². The molecule has 0 spiro atoms. The zero-order valence-corrected chi connectivity index (χ0v) is 10.9. The molecule has 17 heavy (non-hydrogen) atoms. The second-order valence-corrected chi connectivity index (χ2v) is 6.09. The minimum Gasteiger partial charge on any atom is -0.330 e. The van der Waals surface area contributed by atoms with Crippen LogP contribution < -0.4 is 5.73 Å². The summed E-state index contributed by atoms with van der Waals surface area (Å²) in [6, 6.07) is 8.42. The largest absolute Gasteiger partial charge is 0.330 e. The fourth-order valence-corrected chi connectivity index (χ4v) is 4.35. The van der Waals surface area contributed by atoms with Crippen LogP contribution in [0.3, 0.4) is 0 Å². The first-order chi connectivity index (χ1) is 8.29. The average Bonchev–Trinajstić information content (AvgIpc) is 2.39. The van der Waals surface area contributed by atoms with Crippen molar-refractivity contribution in [2.45, 2.75) is 31.6 Å². The number of rotatable bonds is 2. The monoisotopic (exact) mass is 249 g/mol. The summed E-state index contributed by atoms with van der Waals surface area (Å²) in [6.07, 6.45) is 5.56. The molecule has 0 amide bonds. The van der Waals surface area contributed by atoms with E-state index in [0.29, 0.717) is 11.8 Å². The molecular weight excluding hydrogens is 230 g/mol. The van der Waals surface area contributed by atoms with Gasteiger partial charge in [-0.15, -0.1) is 0 Å². The van der Waals surface area contributed by atoms with Crippen LogP contribution in [0, 0.1) is 17.8 Å². The predicted molar refractivity (Wildman–Crippen MR) is 72.2 cm³/mol. The molecule has 3 aliphatic carbocycles. The van der Waals surface area contributed by atoms with Gasteiger partial charge in [-0.3, -0.25) is 0 Å². The van der Waals surface area contributed by atoms with Crippen LogP contribution in [0.5, 0.6) is 0 Å². The summed E-state index contributed by atoms with van der Waals surface area (Å²) in [5.41, 5.74) is 7.44. The molecule has 2 heteroatoms. The molecule has 1 aromatic carbocycles. The van der Waals surface area contributed by atoms with E-state index in [1.807, 2.05) is 6.07 Å². The number of benzene rings is 1. The van der Waals surface area contributed by atoms with E-state index in [1.165, 1.54) is 31.2 Å². The maximum Gasteiger partial charge on any atom is 0.0408 e. The fraction of sp³-hybridized carbons (Fsp3) is 0.600. The molecule has 2 bridgehead atoms. The molecule has 3 saturated carbocycles. The first kappa shape index (κ1) is 11.6. The van der Waals surface area contributed by atoms with Gasteiger partial charge in [-0.05, 0) is 73.6 Å². The van der Waals surface area contributed by atoms with Crippen molar-refractivity contribution in [3.63, 3.8) is 0 Å². The summed E-state index contributed by atoms with van der Waals surface area (Å²) in [5, 5.41) is 0.861. The smallest absolute Gasteiger partial charge is 0.0408 e. The summed E-state index contributed by atoms with van der Waals surface area (Å²) in [5.74, 6) is 3.04. The van der Waals surface area contributed by atoms with Crippen LogP contribution in [0.1, 0.15) is 37.2 Å². The Morgan fingerprint density at radius 2 is 1.82 bits per heavy atom. The number of halogens is 1. The molecule has 4 rings (SSSR count). The van der Waals surface area contributed by atoms with Gasteiger partial charge in [-0.1, -0.05) is 23.7 Å². The van der Waals surface area contributed by atoms with Crippen LogP contribution in [-0.4, -0.2) is 6.54 Å². The molecule has 3 aliphatic rings. The van der Waals surface area contributed by atoms with Crippen molar-refractivity contribution in [2.75, 3.05) is 6.54 Å². The summed E-state index contributed by atoms with van der Waals surface area (Å²) in [4.78, 5) is 0. The third kappa shape index (κ3) is 2.00. The van der Waals surface area contributed by atoms with Gasteiger partial charge in [-0.2, -0.15) is 0 Å². The van der Waals surface area contributed by atoms with Gasteiger partial charge in [0.05, 0.1) is 0 Å². The SMILES string of the molecule is NC[C@@H]1C2CCC(CC2)[C@@H]1c1cccc(Cl)c1. The van der Waals surface area contributed by atoms with Crippen LogP contribution >= 0.6 is 11.6 Å². The summed E-state index contributed by atoms with van der Waals surface area (Å²) in [7, 11) is 0. The zero-order chi connectivity index (χ0) is 11.8. The standard InChI is InChI=1S/C15H20ClN/c16-13-3-1-2-12(8-13)15-11-6-4-10(5-7-11)14(15)9-17/h1-3,8,10-11,14-15H,4-7,9,17H2/t10?,11?,14-,15-/m1/s1. The van der Waals surface area contributed by atoms with E-state index in [0.717, 1.165) is 23.4 Å². The molecule has 0 radical (unpaired) electrons. The number of hydrogen-bond acceptors (Lipinski definition) is 1. The third-order valence-corrected chi connectivity index (χ3v) is 5.13. The van der Waals surface area contributed by atoms with Crippen LogP contribution in [0.15, 0.2) is 24.3 Å². The highest BCUT2D eigenvalue weighted by Gasteiger charge is 2.43. The van der Waals surface area contributed by atoms with E-state index >= 15 is 0 Å². The molecule has 0 saturated heterocycles. The highest BCUT2D eigenvalue weighted by molar-refractivity contribution is 6.30. The predicted octanol–water partition coefficient (Wildman–Crippen LogP) is 3.82. The Labute approximate surface area is 108 Å². The van der Waals surface area contributed by atoms with Crippen molar-refractivity contribution in [3.8, 4) is 0 Å². The Hall–Kier alpha value is -0.530. The lowest BCUT2D eigenvalue weighted by Gasteiger charge is -2.48. The van der Waals surface area contributed by atoms with Crippen molar-refractivity contribution in [3.05, 3.63) is 34.9 Å². The van der Waals surface area contributed by atoms with Crippen molar-refractivity contribution in [1.29, 1.82) is 0 Å². The molecule has 2 N–H and O–H groups in total. The summed E-state index contributed by atoms with van der Waals surface area (Å²) in [6.45, 7) is 0.832. The first-order valence-electron chi connectivity index (χ1n) is 6.75. The molecule has 0 heterocycles. The lowest BCUT2D eigenvalue weighted by atomic mass is 9.57. The topological polar surface area (TPSA) is 26.0 Å². The third-order valence-electron chi connectivity index (χ3n) is 4.90. The Balaban J connectivity index is 1.95. The van der Waals surface area contributed by atoms with Crippen molar-refractivity contribution < 1.29 is 0 Å². The lowest BCUT2D eigenvalue weighted by molar-refractivity contribution is 0.0731. The maximum absolute atomic E-state index is 6.13. The van der Waals surface area contributed by atoms with Crippen LogP contribution in [0.25, 0.3) is 0 Å². The minimum absolute atomic E-state index is 0.659. The zero-order valence-electron chi connectivity index (χ0n) is 10.1. The highest BCUT2D eigenvalue weighted by Crippen LogP contribution is 2.53. The van der Waals surface area contributed by atoms with Gasteiger partial charge in [-0.25, -0.2) is 0 Å². The molecule has 0 aromatic heterocycles. The summed E-state index contributed by atoms with van der Waals surface area (Å²) >= 11 is 6.13. The highest BCUT2D eigenvalue weighted by atomic mass is 35.5. The Morgan fingerprint density at radius 1 is 1.12 bits per heavy atom. The fourth-order valence-electron chi connectivity index (χ4n) is 4.15. The van der Waals surface area contributed by atoms with Gasteiger partial charge < -0.3 is 5.73 Å². The van der Waals surface area contributed by atoms with Gasteiger partial charge in [0.15, 0.2) is 0 Å². The number of hydrogen-bond donors (Lipinski definition) is 1. The van der Waals surface area contributed by atoms with E-state index in [1.54, 1.807) is 0 Å². The van der Waals surface area contributed by atoms with Gasteiger partial charge in [0.1, 0.15) is 0 Å². The van der Waals surface area contributed by atoms with Gasteiger partial charge in [0.25, 0.3) is 0 Å². The van der Waals surface area contributed by atoms with Gasteiger partial charge in [0, 0.05) is 5.02 Å². The second-order valence-electron chi connectivity index (χ2n) is 5.66. The Kier molecular flexibility index (Phi) is 3.14. The Morgan fingerprint density at radius 3 is 2.47 bits per heavy atom. The van der Waals surface area contributed by atoms with Crippen molar-refractivity contribution >= 4 is 11.6 Å². The molecule has 1 nitrogen and oxygen atoms in total. The summed E-state index contributed by atoms with van der Waals surface area (Å²) < 4.78 is 0. The molecule has 92 valence electrons. The molecular formula is C15H20ClN.